The summed E-state index contributed by atoms with van der Waals surface area (Å²) in [5, 5.41) is 9.14. The van der Waals surface area contributed by atoms with Crippen molar-refractivity contribution in [3.8, 4) is 0 Å². The number of pyridine rings is 1. The highest BCUT2D eigenvalue weighted by Gasteiger charge is 2.22. The summed E-state index contributed by atoms with van der Waals surface area (Å²) in [6, 6.07) is 29.9. The molecule has 1 aromatic heterocycles. The zero-order valence-electron chi connectivity index (χ0n) is 19.5. The lowest BCUT2D eigenvalue weighted by Gasteiger charge is -2.17. The quantitative estimate of drug-likeness (QED) is 0.140. The van der Waals surface area contributed by atoms with E-state index >= 15 is 0 Å². The number of thioether (sulfide) groups is 1. The fourth-order valence-electron chi connectivity index (χ4n) is 3.39. The largest absolute Gasteiger partial charge is 0.332 e. The molecule has 0 aliphatic carbocycles. The molecule has 0 spiro atoms. The third-order valence-corrected chi connectivity index (χ3v) is 6.60. The summed E-state index contributed by atoms with van der Waals surface area (Å²) in [5.41, 5.74) is 3.10. The van der Waals surface area contributed by atoms with Crippen LogP contribution in [0, 0.1) is 0 Å². The van der Waals surface area contributed by atoms with Crippen LogP contribution in [0.25, 0.3) is 0 Å². The molecule has 0 saturated carbocycles. The van der Waals surface area contributed by atoms with E-state index in [1.165, 1.54) is 18.7 Å². The standard InChI is InChI=1S/C28H24N4O2S2/c1-19(33)20-13-15-22(16-14-20)30-28(35)31-23-10-7-11-24(18-23)36-26(21-8-3-2-4-9-21)27(34)32-25-12-5-6-17-29-25/h2-18,26H,1H3,(H,29,32,34)(H2,30,31,35). The Labute approximate surface area is 219 Å². The van der Waals surface area contributed by atoms with Gasteiger partial charge in [-0.2, -0.15) is 0 Å². The van der Waals surface area contributed by atoms with Crippen LogP contribution in [0.15, 0.2) is 108 Å². The summed E-state index contributed by atoms with van der Waals surface area (Å²) in [6.45, 7) is 1.53. The SMILES string of the molecule is CC(=O)c1ccc(NC(=S)Nc2cccc(SC(C(=O)Nc3ccccn3)c3ccccc3)c2)cc1. The predicted octanol–water partition coefficient (Wildman–Crippen LogP) is 6.57. The molecule has 4 aromatic rings. The minimum absolute atomic E-state index is 0.0130. The topological polar surface area (TPSA) is 83.1 Å². The first-order valence-corrected chi connectivity index (χ1v) is 12.5. The molecule has 3 N–H and O–H groups in total. The van der Waals surface area contributed by atoms with E-state index in [1.807, 2.05) is 72.8 Å². The number of amides is 1. The summed E-state index contributed by atoms with van der Waals surface area (Å²) in [7, 11) is 0. The summed E-state index contributed by atoms with van der Waals surface area (Å²) < 4.78 is 0. The Kier molecular flexibility index (Phi) is 8.44. The van der Waals surface area contributed by atoms with Gasteiger partial charge in [0.1, 0.15) is 11.1 Å². The zero-order valence-corrected chi connectivity index (χ0v) is 21.1. The van der Waals surface area contributed by atoms with Crippen molar-refractivity contribution in [1.82, 2.24) is 4.98 Å². The van der Waals surface area contributed by atoms with Crippen LogP contribution in [0.3, 0.4) is 0 Å². The van der Waals surface area contributed by atoms with Crippen molar-refractivity contribution in [2.24, 2.45) is 0 Å². The number of rotatable bonds is 8. The van der Waals surface area contributed by atoms with E-state index in [9.17, 15) is 9.59 Å². The average molecular weight is 513 g/mol. The lowest BCUT2D eigenvalue weighted by molar-refractivity contribution is -0.115. The third kappa shape index (κ3) is 7.00. The fourth-order valence-corrected chi connectivity index (χ4v) is 4.71. The van der Waals surface area contributed by atoms with E-state index in [0.717, 1.165) is 21.8 Å². The lowest BCUT2D eigenvalue weighted by Crippen LogP contribution is -2.20. The Balaban J connectivity index is 1.46. The zero-order chi connectivity index (χ0) is 25.3. The second-order valence-corrected chi connectivity index (χ2v) is 9.44. The van der Waals surface area contributed by atoms with Gasteiger partial charge in [0.05, 0.1) is 0 Å². The number of aromatic nitrogens is 1. The van der Waals surface area contributed by atoms with Crippen molar-refractivity contribution in [1.29, 1.82) is 0 Å². The summed E-state index contributed by atoms with van der Waals surface area (Å²) in [6.07, 6.45) is 1.64. The highest BCUT2D eigenvalue weighted by atomic mass is 32.2. The molecule has 1 unspecified atom stereocenters. The van der Waals surface area contributed by atoms with Gasteiger partial charge in [-0.1, -0.05) is 42.5 Å². The molecule has 0 radical (unpaired) electrons. The summed E-state index contributed by atoms with van der Waals surface area (Å²) >= 11 is 6.90. The summed E-state index contributed by atoms with van der Waals surface area (Å²) in [5.74, 6) is 0.362. The normalized spacial score (nSPS) is 11.2. The van der Waals surface area contributed by atoms with Crippen molar-refractivity contribution in [3.05, 3.63) is 114 Å². The van der Waals surface area contributed by atoms with Gasteiger partial charge in [-0.25, -0.2) is 4.98 Å². The van der Waals surface area contributed by atoms with Crippen LogP contribution in [0.1, 0.15) is 28.1 Å². The van der Waals surface area contributed by atoms with Gasteiger partial charge in [-0.05, 0) is 79.3 Å². The highest BCUT2D eigenvalue weighted by molar-refractivity contribution is 8.00. The van der Waals surface area contributed by atoms with Gasteiger partial charge >= 0.3 is 0 Å². The van der Waals surface area contributed by atoms with Gasteiger partial charge in [0.15, 0.2) is 10.9 Å². The Hall–Kier alpha value is -4.01. The van der Waals surface area contributed by atoms with Crippen molar-refractivity contribution in [2.75, 3.05) is 16.0 Å². The molecule has 0 fully saturated rings. The lowest BCUT2D eigenvalue weighted by atomic mass is 10.1. The number of thiocarbonyl (C=S) groups is 1. The van der Waals surface area contributed by atoms with Gasteiger partial charge in [0, 0.05) is 28.0 Å². The Morgan fingerprint density at radius 2 is 1.53 bits per heavy atom. The molecule has 1 heterocycles. The minimum Gasteiger partial charge on any atom is -0.332 e. The van der Waals surface area contributed by atoms with Crippen LogP contribution < -0.4 is 16.0 Å². The maximum absolute atomic E-state index is 13.2. The number of carbonyl (C=O) groups excluding carboxylic acids is 2. The molecule has 0 saturated heterocycles. The first-order chi connectivity index (χ1) is 17.5. The molecule has 1 atom stereocenters. The first kappa shape index (κ1) is 25.1. The molecule has 0 bridgehead atoms. The highest BCUT2D eigenvalue weighted by Crippen LogP contribution is 2.37. The second-order valence-electron chi connectivity index (χ2n) is 7.85. The molecular weight excluding hydrogens is 488 g/mol. The van der Waals surface area contributed by atoms with Crippen LogP contribution in [-0.2, 0) is 4.79 Å². The third-order valence-electron chi connectivity index (χ3n) is 5.15. The molecule has 180 valence electrons. The van der Waals surface area contributed by atoms with E-state index in [1.54, 1.807) is 30.5 Å². The van der Waals surface area contributed by atoms with Crippen LogP contribution in [0.4, 0.5) is 17.2 Å². The number of benzene rings is 3. The molecule has 0 aliphatic rings. The number of nitrogens with zero attached hydrogens (tertiary/aromatic N) is 1. The number of anilines is 3. The van der Waals surface area contributed by atoms with Gasteiger partial charge in [-0.3, -0.25) is 9.59 Å². The fraction of sp³-hybridized carbons (Fsp3) is 0.0714. The molecule has 4 rings (SSSR count). The average Bonchev–Trinajstić information content (AvgIpc) is 2.89. The number of Topliss-reactive ketones (excluding diaryl/α,β-unsaturated/α-hetero) is 1. The monoisotopic (exact) mass is 512 g/mol. The van der Waals surface area contributed by atoms with E-state index in [-0.39, 0.29) is 11.7 Å². The Bertz CT molecular complexity index is 1350. The predicted molar refractivity (Wildman–Crippen MR) is 151 cm³/mol. The first-order valence-electron chi connectivity index (χ1n) is 11.2. The maximum Gasteiger partial charge on any atom is 0.243 e. The van der Waals surface area contributed by atoms with Gasteiger partial charge in [0.25, 0.3) is 0 Å². The smallest absolute Gasteiger partial charge is 0.243 e. The molecule has 0 aliphatic heterocycles. The van der Waals surface area contributed by atoms with Crippen molar-refractivity contribution < 1.29 is 9.59 Å². The molecule has 6 nitrogen and oxygen atoms in total. The molecule has 1 amide bonds. The molecule has 36 heavy (non-hydrogen) atoms. The second kappa shape index (κ2) is 12.1. The molecule has 3 aromatic carbocycles. The van der Waals surface area contributed by atoms with Crippen molar-refractivity contribution in [2.45, 2.75) is 17.1 Å². The Morgan fingerprint density at radius 1 is 0.806 bits per heavy atom. The number of hydrogen-bond acceptors (Lipinski definition) is 5. The minimum atomic E-state index is -0.478. The van der Waals surface area contributed by atoms with E-state index in [2.05, 4.69) is 20.9 Å². The van der Waals surface area contributed by atoms with Crippen LogP contribution in [0.2, 0.25) is 0 Å². The number of ketones is 1. The number of carbonyl (C=O) groups is 2. The number of nitrogens with one attached hydrogen (secondary N) is 3. The number of hydrogen-bond donors (Lipinski definition) is 3. The maximum atomic E-state index is 13.2. The van der Waals surface area contributed by atoms with E-state index in [0.29, 0.717) is 16.5 Å². The van der Waals surface area contributed by atoms with Crippen molar-refractivity contribution in [3.63, 3.8) is 0 Å². The van der Waals surface area contributed by atoms with Crippen LogP contribution in [0.5, 0.6) is 0 Å². The van der Waals surface area contributed by atoms with Gasteiger partial charge in [-0.15, -0.1) is 11.8 Å². The van der Waals surface area contributed by atoms with Crippen molar-refractivity contribution >= 4 is 58.0 Å². The van der Waals surface area contributed by atoms with Crippen LogP contribution in [-0.4, -0.2) is 21.8 Å². The molecule has 8 heteroatoms. The van der Waals surface area contributed by atoms with Gasteiger partial charge < -0.3 is 16.0 Å². The molecular formula is C28H24N4O2S2. The van der Waals surface area contributed by atoms with Gasteiger partial charge in [0.2, 0.25) is 5.91 Å². The van der Waals surface area contributed by atoms with Crippen LogP contribution >= 0.6 is 24.0 Å². The summed E-state index contributed by atoms with van der Waals surface area (Å²) in [4.78, 5) is 29.8. The Morgan fingerprint density at radius 3 is 2.22 bits per heavy atom. The van der Waals surface area contributed by atoms with E-state index < -0.39 is 5.25 Å². The van der Waals surface area contributed by atoms with E-state index in [4.69, 9.17) is 12.2 Å².